The Morgan fingerprint density at radius 1 is 1.36 bits per heavy atom. The summed E-state index contributed by atoms with van der Waals surface area (Å²) in [6.07, 6.45) is 1.84. The van der Waals surface area contributed by atoms with Crippen LogP contribution in [-0.2, 0) is 15.9 Å². The van der Waals surface area contributed by atoms with E-state index in [0.29, 0.717) is 11.4 Å². The van der Waals surface area contributed by atoms with Gasteiger partial charge < -0.3 is 14.6 Å². The summed E-state index contributed by atoms with van der Waals surface area (Å²) >= 11 is 1.01. The summed E-state index contributed by atoms with van der Waals surface area (Å²) in [5, 5.41) is 28.1. The number of carbonyl (C=O) groups excluding carboxylic acids is 1. The molecule has 2 N–H and O–H groups in total. The van der Waals surface area contributed by atoms with Crippen LogP contribution in [0, 0.1) is 5.41 Å². The average Bonchev–Trinajstić information content (AvgIpc) is 3.55. The minimum atomic E-state index is -1.37. The van der Waals surface area contributed by atoms with Crippen LogP contribution in [0.2, 0.25) is 0 Å². The zero-order valence-electron chi connectivity index (χ0n) is 19.0. The Labute approximate surface area is 207 Å². The number of ether oxygens (including phenoxy) is 2. The lowest BCUT2D eigenvalue weighted by atomic mass is 9.94. The molecular formula is C23H21F2N5O5S. The number of aromatic hydroxyl groups is 1. The number of allylic oxidation sites excluding steroid dienone is 4. The monoisotopic (exact) mass is 517 g/mol. The van der Waals surface area contributed by atoms with Crippen molar-refractivity contribution in [1.29, 1.82) is 5.41 Å². The fourth-order valence-corrected chi connectivity index (χ4v) is 6.03. The molecule has 3 aliphatic heterocycles. The van der Waals surface area contributed by atoms with Crippen LogP contribution in [-0.4, -0.2) is 73.8 Å². The number of hydrogen-bond donors (Lipinski definition) is 2. The highest BCUT2D eigenvalue weighted by Crippen LogP contribution is 2.43. The average molecular weight is 518 g/mol. The highest BCUT2D eigenvalue weighted by atomic mass is 32.1. The van der Waals surface area contributed by atoms with Crippen molar-refractivity contribution in [1.82, 2.24) is 19.7 Å². The predicted molar refractivity (Wildman–Crippen MR) is 124 cm³/mol. The van der Waals surface area contributed by atoms with Crippen molar-refractivity contribution >= 4 is 23.1 Å². The molecule has 13 heteroatoms. The fraction of sp³-hybridized carbons (Fsp3) is 0.435. The van der Waals surface area contributed by atoms with Crippen molar-refractivity contribution in [2.75, 3.05) is 13.2 Å². The maximum Gasteiger partial charge on any atom is 0.277 e. The molecular weight excluding hydrogens is 496 g/mol. The summed E-state index contributed by atoms with van der Waals surface area (Å²) in [5.74, 6) is -2.13. The van der Waals surface area contributed by atoms with Crippen molar-refractivity contribution in [3.8, 4) is 16.3 Å². The minimum absolute atomic E-state index is 0.0600. The van der Waals surface area contributed by atoms with E-state index in [9.17, 15) is 23.5 Å². The molecule has 4 atom stereocenters. The van der Waals surface area contributed by atoms with E-state index in [0.717, 1.165) is 15.9 Å². The molecule has 188 valence electrons. The Morgan fingerprint density at radius 2 is 2.17 bits per heavy atom. The first-order valence-electron chi connectivity index (χ1n) is 11.4. The second-order valence-corrected chi connectivity index (χ2v) is 10.2. The summed E-state index contributed by atoms with van der Waals surface area (Å²) in [4.78, 5) is 27.9. The SMILES string of the molecule is CC[C@@]12COC[C@H]1N1C(=O)c3c(O)c(=O)c(-c4nnc(CC5=C(F)CC(F)C=C5)s4)cn3C(=N)C1O2. The number of nitrogens with zero attached hydrogens (tertiary/aromatic N) is 4. The number of hydrogen-bond acceptors (Lipinski definition) is 9. The molecule has 2 saturated heterocycles. The molecule has 10 nitrogen and oxygen atoms in total. The van der Waals surface area contributed by atoms with Crippen molar-refractivity contribution in [3.63, 3.8) is 0 Å². The van der Waals surface area contributed by atoms with Crippen molar-refractivity contribution < 1.29 is 28.2 Å². The number of pyridine rings is 1. The van der Waals surface area contributed by atoms with Crippen LogP contribution in [0.25, 0.3) is 10.6 Å². The number of nitrogens with one attached hydrogen (secondary N) is 1. The number of aromatic nitrogens is 3. The molecule has 2 fully saturated rings. The molecule has 2 unspecified atom stereocenters. The third-order valence-electron chi connectivity index (χ3n) is 7.14. The molecule has 2 aromatic rings. The molecule has 6 rings (SSSR count). The smallest absolute Gasteiger partial charge is 0.277 e. The Balaban J connectivity index is 1.37. The maximum atomic E-state index is 14.1. The van der Waals surface area contributed by atoms with E-state index in [4.69, 9.17) is 14.9 Å². The number of carbonyl (C=O) groups is 1. The number of alkyl halides is 1. The van der Waals surface area contributed by atoms with Crippen molar-refractivity contribution in [2.24, 2.45) is 0 Å². The first-order chi connectivity index (χ1) is 17.2. The number of rotatable bonds is 4. The largest absolute Gasteiger partial charge is 0.503 e. The highest BCUT2D eigenvalue weighted by Gasteiger charge is 2.61. The predicted octanol–water partition coefficient (Wildman–Crippen LogP) is 2.32. The topological polar surface area (TPSA) is 131 Å². The lowest BCUT2D eigenvalue weighted by Gasteiger charge is -2.34. The van der Waals surface area contributed by atoms with Gasteiger partial charge in [-0.1, -0.05) is 24.3 Å². The molecule has 0 spiro atoms. The Bertz CT molecular complexity index is 1430. The summed E-state index contributed by atoms with van der Waals surface area (Å²) in [7, 11) is 0. The minimum Gasteiger partial charge on any atom is -0.503 e. The third kappa shape index (κ3) is 3.22. The number of halogens is 2. The second-order valence-electron chi connectivity index (χ2n) is 9.14. The van der Waals surface area contributed by atoms with Gasteiger partial charge in [-0.05, 0) is 18.1 Å². The summed E-state index contributed by atoms with van der Waals surface area (Å²) in [5.41, 5.74) is -1.70. The quantitative estimate of drug-likeness (QED) is 0.637. The summed E-state index contributed by atoms with van der Waals surface area (Å²) in [6, 6.07) is -0.440. The molecule has 4 aliphatic rings. The molecule has 0 radical (unpaired) electrons. The van der Waals surface area contributed by atoms with Crippen LogP contribution in [0.4, 0.5) is 8.78 Å². The van der Waals surface area contributed by atoms with Crippen molar-refractivity contribution in [2.45, 2.75) is 50.2 Å². The number of fused-ring (bicyclic) bond motifs is 4. The summed E-state index contributed by atoms with van der Waals surface area (Å²) < 4.78 is 40.3. The van der Waals surface area contributed by atoms with E-state index < -0.39 is 47.0 Å². The van der Waals surface area contributed by atoms with Crippen molar-refractivity contribution in [3.05, 3.63) is 50.7 Å². The van der Waals surface area contributed by atoms with E-state index in [2.05, 4.69) is 10.2 Å². The first-order valence-corrected chi connectivity index (χ1v) is 12.2. The highest BCUT2D eigenvalue weighted by molar-refractivity contribution is 7.14. The molecule has 5 heterocycles. The van der Waals surface area contributed by atoms with Gasteiger partial charge in [0.1, 0.15) is 22.6 Å². The molecule has 0 aromatic carbocycles. The van der Waals surface area contributed by atoms with Gasteiger partial charge in [-0.15, -0.1) is 10.2 Å². The van der Waals surface area contributed by atoms with Crippen LogP contribution in [0.15, 0.2) is 34.5 Å². The maximum absolute atomic E-state index is 14.1. The first kappa shape index (κ1) is 23.1. The molecule has 0 saturated carbocycles. The van der Waals surface area contributed by atoms with E-state index in [-0.39, 0.29) is 53.7 Å². The van der Waals surface area contributed by atoms with Crippen LogP contribution < -0.4 is 5.43 Å². The third-order valence-corrected chi connectivity index (χ3v) is 8.10. The van der Waals surface area contributed by atoms with E-state index in [1.165, 1.54) is 23.2 Å². The van der Waals surface area contributed by atoms with E-state index in [1.807, 2.05) is 6.92 Å². The molecule has 2 aromatic heterocycles. The van der Waals surface area contributed by atoms with Gasteiger partial charge in [0.15, 0.2) is 28.5 Å². The van der Waals surface area contributed by atoms with Gasteiger partial charge in [-0.2, -0.15) is 0 Å². The van der Waals surface area contributed by atoms with Crippen LogP contribution in [0.5, 0.6) is 5.75 Å². The Hall–Kier alpha value is -3.29. The molecule has 36 heavy (non-hydrogen) atoms. The Morgan fingerprint density at radius 3 is 2.92 bits per heavy atom. The van der Waals surface area contributed by atoms with Gasteiger partial charge in [0.05, 0.1) is 24.8 Å². The molecule has 0 bridgehead atoms. The van der Waals surface area contributed by atoms with Gasteiger partial charge in [-0.25, -0.2) is 8.78 Å². The van der Waals surface area contributed by atoms with Gasteiger partial charge in [-0.3, -0.25) is 24.5 Å². The zero-order valence-corrected chi connectivity index (χ0v) is 19.8. The van der Waals surface area contributed by atoms with Crippen LogP contribution in [0.1, 0.15) is 35.3 Å². The lowest BCUT2D eigenvalue weighted by molar-refractivity contribution is -0.0509. The standard InChI is InChI=1S/C23H21F2N5O5S/c1-2-23-9-34-8-14(23)30-21(33)16-18(32)17(31)12(7-29(16)19(26)22(30)35-23)20-28-27-15(36-20)5-10-3-4-11(24)6-13(10)25/h3-4,7,11,14,22,26,32H,2,5-6,8-9H2,1H3/t11?,14-,22?,23-/m1/s1. The molecule has 1 aliphatic carbocycles. The Kier molecular flexibility index (Phi) is 5.21. The van der Waals surface area contributed by atoms with Crippen LogP contribution >= 0.6 is 11.3 Å². The number of amides is 1. The fourth-order valence-electron chi connectivity index (χ4n) is 5.16. The summed E-state index contributed by atoms with van der Waals surface area (Å²) in [6.45, 7) is 2.42. The van der Waals surface area contributed by atoms with Gasteiger partial charge in [0.2, 0.25) is 5.43 Å². The van der Waals surface area contributed by atoms with E-state index in [1.54, 1.807) is 0 Å². The van der Waals surface area contributed by atoms with Gasteiger partial charge >= 0.3 is 0 Å². The lowest BCUT2D eigenvalue weighted by Crippen LogP contribution is -2.54. The van der Waals surface area contributed by atoms with Crippen LogP contribution in [0.3, 0.4) is 0 Å². The van der Waals surface area contributed by atoms with Gasteiger partial charge in [0, 0.05) is 19.0 Å². The van der Waals surface area contributed by atoms with Gasteiger partial charge in [0.25, 0.3) is 5.91 Å². The van der Waals surface area contributed by atoms with E-state index >= 15 is 0 Å². The molecule has 1 amide bonds. The normalized spacial score (nSPS) is 29.1. The zero-order chi connectivity index (χ0) is 25.4. The second kappa shape index (κ2) is 8.11.